The number of nitro groups is 1. The van der Waals surface area contributed by atoms with Gasteiger partial charge in [-0.05, 0) is 37.3 Å². The Morgan fingerprint density at radius 2 is 1.76 bits per heavy atom. The van der Waals surface area contributed by atoms with Gasteiger partial charge in [0.1, 0.15) is 17.2 Å². The Balaban J connectivity index is 1.94. The molecule has 0 radical (unpaired) electrons. The molecule has 8 heteroatoms. The number of anilines is 1. The molecule has 0 fully saturated rings. The maximum absolute atomic E-state index is 12.0. The van der Waals surface area contributed by atoms with Gasteiger partial charge in [0.25, 0.3) is 11.6 Å². The summed E-state index contributed by atoms with van der Waals surface area (Å²) >= 11 is 0. The number of rotatable bonds is 8. The molecule has 1 N–H and O–H groups in total. The summed E-state index contributed by atoms with van der Waals surface area (Å²) in [6.07, 6.45) is 0. The fourth-order valence-corrected chi connectivity index (χ4v) is 2.03. The lowest BCUT2D eigenvalue weighted by Crippen LogP contribution is -2.20. The first kappa shape index (κ1) is 18.1. The smallest absolute Gasteiger partial charge is 0.273 e. The van der Waals surface area contributed by atoms with Gasteiger partial charge in [-0.25, -0.2) is 0 Å². The minimum absolute atomic E-state index is 0.125. The van der Waals surface area contributed by atoms with Crippen LogP contribution in [0.25, 0.3) is 0 Å². The number of amides is 1. The van der Waals surface area contributed by atoms with Gasteiger partial charge in [0.2, 0.25) is 0 Å². The van der Waals surface area contributed by atoms with E-state index < -0.39 is 10.8 Å². The molecule has 132 valence electrons. The number of hydrogen-bond acceptors (Lipinski definition) is 6. The number of nitrogens with one attached hydrogen (secondary N) is 1. The highest BCUT2D eigenvalue weighted by atomic mass is 16.6. The molecule has 0 aliphatic heterocycles. The zero-order chi connectivity index (χ0) is 18.2. The van der Waals surface area contributed by atoms with Crippen LogP contribution < -0.4 is 19.5 Å². The van der Waals surface area contributed by atoms with Gasteiger partial charge >= 0.3 is 0 Å². The molecule has 0 aliphatic carbocycles. The van der Waals surface area contributed by atoms with E-state index in [4.69, 9.17) is 14.2 Å². The molecule has 0 aromatic heterocycles. The van der Waals surface area contributed by atoms with E-state index in [0.29, 0.717) is 18.0 Å². The van der Waals surface area contributed by atoms with Crippen LogP contribution in [0.1, 0.15) is 6.92 Å². The third kappa shape index (κ3) is 5.10. The second-order valence-electron chi connectivity index (χ2n) is 4.88. The normalized spacial score (nSPS) is 10.0. The van der Waals surface area contributed by atoms with Crippen molar-refractivity contribution in [1.29, 1.82) is 0 Å². The molecular formula is C17H18N2O6. The van der Waals surface area contributed by atoms with E-state index in [1.807, 2.05) is 6.92 Å². The van der Waals surface area contributed by atoms with E-state index >= 15 is 0 Å². The second kappa shape index (κ2) is 8.53. The molecule has 0 bridgehead atoms. The molecule has 8 nitrogen and oxygen atoms in total. The summed E-state index contributed by atoms with van der Waals surface area (Å²) in [6, 6.07) is 10.8. The minimum atomic E-state index is -0.539. The van der Waals surface area contributed by atoms with Gasteiger partial charge < -0.3 is 19.5 Å². The van der Waals surface area contributed by atoms with Crippen LogP contribution in [0.2, 0.25) is 0 Å². The molecule has 0 heterocycles. The van der Waals surface area contributed by atoms with Crippen LogP contribution in [0.3, 0.4) is 0 Å². The van der Waals surface area contributed by atoms with Crippen LogP contribution in [0.5, 0.6) is 17.2 Å². The number of nitro benzene ring substituents is 1. The van der Waals surface area contributed by atoms with E-state index in [9.17, 15) is 14.9 Å². The molecule has 2 aromatic rings. The lowest BCUT2D eigenvalue weighted by Gasteiger charge is -2.11. The number of ether oxygens (including phenoxy) is 3. The van der Waals surface area contributed by atoms with E-state index in [-0.39, 0.29) is 18.0 Å². The fraction of sp³-hybridized carbons (Fsp3) is 0.235. The van der Waals surface area contributed by atoms with Crippen molar-refractivity contribution in [3.05, 3.63) is 52.6 Å². The summed E-state index contributed by atoms with van der Waals surface area (Å²) in [5.74, 6) is 1.02. The Morgan fingerprint density at radius 3 is 2.32 bits per heavy atom. The van der Waals surface area contributed by atoms with Crippen LogP contribution in [-0.2, 0) is 4.79 Å². The molecule has 0 saturated heterocycles. The summed E-state index contributed by atoms with van der Waals surface area (Å²) in [7, 11) is 1.37. The summed E-state index contributed by atoms with van der Waals surface area (Å²) in [4.78, 5) is 22.2. The Bertz CT molecular complexity index is 745. The number of nitrogens with zero attached hydrogens (tertiary/aromatic N) is 1. The Morgan fingerprint density at radius 1 is 1.12 bits per heavy atom. The summed E-state index contributed by atoms with van der Waals surface area (Å²) < 4.78 is 15.8. The molecule has 25 heavy (non-hydrogen) atoms. The van der Waals surface area contributed by atoms with E-state index in [1.165, 1.54) is 25.3 Å². The van der Waals surface area contributed by atoms with Crippen molar-refractivity contribution in [2.75, 3.05) is 25.6 Å². The lowest BCUT2D eigenvalue weighted by atomic mass is 10.2. The minimum Gasteiger partial charge on any atom is -0.494 e. The van der Waals surface area contributed by atoms with Crippen molar-refractivity contribution in [3.8, 4) is 17.2 Å². The van der Waals surface area contributed by atoms with Crippen molar-refractivity contribution in [3.63, 3.8) is 0 Å². The number of carbonyl (C=O) groups excluding carboxylic acids is 1. The topological polar surface area (TPSA) is 99.9 Å². The van der Waals surface area contributed by atoms with E-state index in [2.05, 4.69) is 5.32 Å². The van der Waals surface area contributed by atoms with Crippen molar-refractivity contribution in [2.45, 2.75) is 6.92 Å². The van der Waals surface area contributed by atoms with Crippen LogP contribution >= 0.6 is 0 Å². The van der Waals surface area contributed by atoms with Crippen molar-refractivity contribution < 1.29 is 23.9 Å². The van der Waals surface area contributed by atoms with Crippen LogP contribution in [-0.4, -0.2) is 31.2 Å². The summed E-state index contributed by atoms with van der Waals surface area (Å²) in [5.41, 5.74) is 0.203. The Labute approximate surface area is 144 Å². The van der Waals surface area contributed by atoms with E-state index in [0.717, 1.165) is 5.75 Å². The maximum atomic E-state index is 12.0. The zero-order valence-corrected chi connectivity index (χ0v) is 13.9. The van der Waals surface area contributed by atoms with Gasteiger partial charge in [-0.15, -0.1) is 0 Å². The largest absolute Gasteiger partial charge is 0.494 e. The fourth-order valence-electron chi connectivity index (χ4n) is 2.03. The van der Waals surface area contributed by atoms with Crippen molar-refractivity contribution >= 4 is 17.3 Å². The molecule has 0 aliphatic rings. The highest BCUT2D eigenvalue weighted by Crippen LogP contribution is 2.29. The third-order valence-corrected chi connectivity index (χ3v) is 3.17. The average molecular weight is 346 g/mol. The van der Waals surface area contributed by atoms with Crippen LogP contribution in [0.4, 0.5) is 11.4 Å². The predicted molar refractivity (Wildman–Crippen MR) is 91.4 cm³/mol. The average Bonchev–Trinajstić information content (AvgIpc) is 2.61. The Kier molecular flexibility index (Phi) is 6.16. The van der Waals surface area contributed by atoms with Gasteiger partial charge in [0.15, 0.2) is 6.61 Å². The molecular weight excluding hydrogens is 328 g/mol. The SMILES string of the molecule is CCOc1ccc(OCC(=O)Nc2ccc([N+](=O)[O-])cc2OC)cc1. The number of carbonyl (C=O) groups is 1. The zero-order valence-electron chi connectivity index (χ0n) is 13.9. The number of non-ortho nitro benzene ring substituents is 1. The van der Waals surface area contributed by atoms with Gasteiger partial charge in [-0.3, -0.25) is 14.9 Å². The molecule has 0 atom stereocenters. The van der Waals surface area contributed by atoms with Crippen molar-refractivity contribution in [2.24, 2.45) is 0 Å². The number of benzene rings is 2. The highest BCUT2D eigenvalue weighted by molar-refractivity contribution is 5.93. The monoisotopic (exact) mass is 346 g/mol. The van der Waals surface area contributed by atoms with Crippen LogP contribution in [0.15, 0.2) is 42.5 Å². The standard InChI is InChI=1S/C17H18N2O6/c1-3-24-13-5-7-14(8-6-13)25-11-17(20)18-15-9-4-12(19(21)22)10-16(15)23-2/h4-10H,3,11H2,1-2H3,(H,18,20). The molecule has 0 unspecified atom stereocenters. The molecule has 2 aromatic carbocycles. The van der Waals surface area contributed by atoms with E-state index in [1.54, 1.807) is 24.3 Å². The van der Waals surface area contributed by atoms with Gasteiger partial charge in [0.05, 0.1) is 30.4 Å². The quantitative estimate of drug-likeness (QED) is 0.582. The van der Waals surface area contributed by atoms with Crippen molar-refractivity contribution in [1.82, 2.24) is 0 Å². The lowest BCUT2D eigenvalue weighted by molar-refractivity contribution is -0.384. The maximum Gasteiger partial charge on any atom is 0.273 e. The molecule has 0 spiro atoms. The van der Waals surface area contributed by atoms with Crippen LogP contribution in [0, 0.1) is 10.1 Å². The molecule has 0 saturated carbocycles. The summed E-state index contributed by atoms with van der Waals surface area (Å²) in [6.45, 7) is 2.25. The number of methoxy groups -OCH3 is 1. The number of hydrogen-bond donors (Lipinski definition) is 1. The van der Waals surface area contributed by atoms with Gasteiger partial charge in [0, 0.05) is 6.07 Å². The molecule has 1 amide bonds. The Hall–Kier alpha value is -3.29. The first-order chi connectivity index (χ1) is 12.0. The van der Waals surface area contributed by atoms with Gasteiger partial charge in [-0.2, -0.15) is 0 Å². The first-order valence-electron chi connectivity index (χ1n) is 7.51. The first-order valence-corrected chi connectivity index (χ1v) is 7.51. The predicted octanol–water partition coefficient (Wildman–Crippen LogP) is 3.02. The summed E-state index contributed by atoms with van der Waals surface area (Å²) in [5, 5.41) is 13.4. The third-order valence-electron chi connectivity index (χ3n) is 3.17. The second-order valence-corrected chi connectivity index (χ2v) is 4.88. The van der Waals surface area contributed by atoms with Gasteiger partial charge in [-0.1, -0.05) is 0 Å². The highest BCUT2D eigenvalue weighted by Gasteiger charge is 2.13. The molecule has 2 rings (SSSR count).